The lowest BCUT2D eigenvalue weighted by molar-refractivity contribution is -0.0240. The maximum atomic E-state index is 11.2. The van der Waals surface area contributed by atoms with Crippen molar-refractivity contribution in [1.82, 2.24) is 9.71 Å². The first-order valence-electron chi connectivity index (χ1n) is 6.50. The summed E-state index contributed by atoms with van der Waals surface area (Å²) < 4.78 is 26.0. The summed E-state index contributed by atoms with van der Waals surface area (Å²) in [5.41, 5.74) is -0.952. The fourth-order valence-corrected chi connectivity index (χ4v) is 4.91. The van der Waals surface area contributed by atoms with Crippen LogP contribution < -0.4 is 4.72 Å². The van der Waals surface area contributed by atoms with Crippen molar-refractivity contribution in [3.05, 3.63) is 15.0 Å². The molecule has 1 aliphatic carbocycles. The molecule has 5 nitrogen and oxygen atoms in total. The van der Waals surface area contributed by atoms with Crippen LogP contribution in [0.25, 0.3) is 0 Å². The van der Waals surface area contributed by atoms with Crippen molar-refractivity contribution in [2.24, 2.45) is 5.92 Å². The fourth-order valence-electron chi connectivity index (χ4n) is 2.74. The summed E-state index contributed by atoms with van der Waals surface area (Å²) in [6.07, 6.45) is 5.96. The van der Waals surface area contributed by atoms with E-state index in [0.717, 1.165) is 29.5 Å². The molecule has 114 valence electrons. The van der Waals surface area contributed by atoms with Gasteiger partial charge >= 0.3 is 0 Å². The molecule has 20 heavy (non-hydrogen) atoms. The molecule has 0 aliphatic heterocycles. The van der Waals surface area contributed by atoms with Crippen molar-refractivity contribution in [1.29, 1.82) is 0 Å². The molecule has 1 fully saturated rings. The number of rotatable bonds is 4. The van der Waals surface area contributed by atoms with E-state index < -0.39 is 15.6 Å². The summed E-state index contributed by atoms with van der Waals surface area (Å²) in [6.45, 7) is 1.80. The Balaban J connectivity index is 1.99. The van der Waals surface area contributed by atoms with Gasteiger partial charge in [0.1, 0.15) is 10.6 Å². The zero-order valence-corrected chi connectivity index (χ0v) is 14.7. The lowest BCUT2D eigenvalue weighted by Crippen LogP contribution is -2.41. The quantitative estimate of drug-likeness (QED) is 0.836. The van der Waals surface area contributed by atoms with Crippen LogP contribution in [0.2, 0.25) is 0 Å². The Morgan fingerprint density at radius 3 is 2.50 bits per heavy atom. The number of thiazole rings is 1. The summed E-state index contributed by atoms with van der Waals surface area (Å²) >= 11 is 4.80. The smallest absolute Gasteiger partial charge is 0.208 e. The Morgan fingerprint density at radius 2 is 2.05 bits per heavy atom. The molecule has 0 radical (unpaired) electrons. The third-order valence-electron chi connectivity index (χ3n) is 3.81. The first-order valence-corrected chi connectivity index (χ1v) is 10.00. The number of aliphatic hydroxyl groups is 1. The van der Waals surface area contributed by atoms with Crippen LogP contribution in [0.5, 0.6) is 0 Å². The maximum Gasteiger partial charge on any atom is 0.208 e. The van der Waals surface area contributed by atoms with E-state index >= 15 is 0 Å². The molecule has 1 aromatic rings. The second kappa shape index (κ2) is 6.00. The van der Waals surface area contributed by atoms with Crippen LogP contribution in [-0.2, 0) is 15.6 Å². The van der Waals surface area contributed by atoms with Crippen LogP contribution in [0.3, 0.4) is 0 Å². The number of hydrogen-bond acceptors (Lipinski definition) is 5. The Morgan fingerprint density at radius 1 is 1.45 bits per heavy atom. The second-order valence-corrected chi connectivity index (χ2v) is 9.75. The van der Waals surface area contributed by atoms with Gasteiger partial charge < -0.3 is 5.11 Å². The Hall–Kier alpha value is -0.0200. The predicted molar refractivity (Wildman–Crippen MR) is 83.1 cm³/mol. The number of hydrogen-bond donors (Lipinski definition) is 2. The molecule has 0 aromatic carbocycles. The number of aromatic nitrogens is 1. The average Bonchev–Trinajstić information content (AvgIpc) is 2.75. The van der Waals surface area contributed by atoms with Crippen molar-refractivity contribution in [2.45, 2.75) is 44.2 Å². The SMILES string of the molecule is CC(O)(c1ncc(Br)s1)C1CCC(NS(C)(=O)=O)CC1. The van der Waals surface area contributed by atoms with Crippen LogP contribution in [0.1, 0.15) is 37.6 Å². The first-order chi connectivity index (χ1) is 9.18. The molecule has 2 rings (SSSR count). The molecule has 0 spiro atoms. The summed E-state index contributed by atoms with van der Waals surface area (Å²) in [6, 6.07) is -0.0138. The van der Waals surface area contributed by atoms with Crippen LogP contribution >= 0.6 is 27.3 Å². The molecule has 1 aromatic heterocycles. The molecule has 8 heteroatoms. The highest BCUT2D eigenvalue weighted by molar-refractivity contribution is 9.11. The van der Waals surface area contributed by atoms with E-state index in [2.05, 4.69) is 25.6 Å². The third-order valence-corrected chi connectivity index (χ3v) is 6.28. The zero-order valence-electron chi connectivity index (χ0n) is 11.5. The van der Waals surface area contributed by atoms with E-state index in [-0.39, 0.29) is 12.0 Å². The molecule has 2 N–H and O–H groups in total. The molecule has 1 heterocycles. The van der Waals surface area contributed by atoms with Gasteiger partial charge in [-0.3, -0.25) is 0 Å². The first kappa shape index (κ1) is 16.4. The number of sulfonamides is 1. The fraction of sp³-hybridized carbons (Fsp3) is 0.750. The van der Waals surface area contributed by atoms with Gasteiger partial charge in [0.2, 0.25) is 10.0 Å². The normalized spacial score (nSPS) is 27.2. The Bertz CT molecular complexity index is 563. The molecule has 1 aliphatic rings. The van der Waals surface area contributed by atoms with Crippen molar-refractivity contribution < 1.29 is 13.5 Å². The summed E-state index contributed by atoms with van der Waals surface area (Å²) in [5, 5.41) is 11.4. The monoisotopic (exact) mass is 382 g/mol. The number of nitrogens with one attached hydrogen (secondary N) is 1. The molecule has 1 atom stereocenters. The van der Waals surface area contributed by atoms with Crippen LogP contribution in [0.15, 0.2) is 9.98 Å². The van der Waals surface area contributed by atoms with E-state index in [0.29, 0.717) is 5.01 Å². The molecule has 0 saturated heterocycles. The summed E-state index contributed by atoms with van der Waals surface area (Å²) in [4.78, 5) is 4.25. The molecule has 1 saturated carbocycles. The van der Waals surface area contributed by atoms with Crippen molar-refractivity contribution in [3.63, 3.8) is 0 Å². The van der Waals surface area contributed by atoms with E-state index in [1.54, 1.807) is 13.1 Å². The van der Waals surface area contributed by atoms with E-state index in [9.17, 15) is 13.5 Å². The highest BCUT2D eigenvalue weighted by Crippen LogP contribution is 2.41. The topological polar surface area (TPSA) is 79.3 Å². The van der Waals surface area contributed by atoms with Gasteiger partial charge in [-0.2, -0.15) is 0 Å². The van der Waals surface area contributed by atoms with Gasteiger partial charge in [0.15, 0.2) is 0 Å². The van der Waals surface area contributed by atoms with E-state index in [4.69, 9.17) is 0 Å². The molecule has 1 unspecified atom stereocenters. The Kier molecular flexibility index (Phi) is 4.91. The van der Waals surface area contributed by atoms with Gasteiger partial charge in [-0.05, 0) is 54.5 Å². The van der Waals surface area contributed by atoms with Gasteiger partial charge in [0, 0.05) is 6.04 Å². The highest BCUT2D eigenvalue weighted by atomic mass is 79.9. The molecule has 0 amide bonds. The van der Waals surface area contributed by atoms with Gasteiger partial charge in [-0.15, -0.1) is 11.3 Å². The van der Waals surface area contributed by atoms with Gasteiger partial charge in [0.05, 0.1) is 16.2 Å². The molecular weight excluding hydrogens is 364 g/mol. The van der Waals surface area contributed by atoms with Crippen molar-refractivity contribution in [2.75, 3.05) is 6.26 Å². The van der Waals surface area contributed by atoms with Crippen LogP contribution in [-0.4, -0.2) is 30.8 Å². The van der Waals surface area contributed by atoms with E-state index in [1.807, 2.05) is 0 Å². The molecular formula is C12H19BrN2O3S2. The van der Waals surface area contributed by atoms with Crippen LogP contribution in [0.4, 0.5) is 0 Å². The zero-order chi connectivity index (χ0) is 15.0. The lowest BCUT2D eigenvalue weighted by Gasteiger charge is -2.36. The second-order valence-electron chi connectivity index (χ2n) is 5.56. The highest BCUT2D eigenvalue weighted by Gasteiger charge is 2.39. The average molecular weight is 383 g/mol. The summed E-state index contributed by atoms with van der Waals surface area (Å²) in [5.74, 6) is 0.109. The molecule has 0 bridgehead atoms. The minimum atomic E-state index is -3.15. The number of halogens is 1. The lowest BCUT2D eigenvalue weighted by atomic mass is 9.76. The maximum absolute atomic E-state index is 11.2. The van der Waals surface area contributed by atoms with Gasteiger partial charge in [-0.1, -0.05) is 0 Å². The van der Waals surface area contributed by atoms with Gasteiger partial charge in [-0.25, -0.2) is 18.1 Å². The van der Waals surface area contributed by atoms with E-state index in [1.165, 1.54) is 17.6 Å². The van der Waals surface area contributed by atoms with Gasteiger partial charge in [0.25, 0.3) is 0 Å². The number of nitrogens with zero attached hydrogens (tertiary/aromatic N) is 1. The minimum Gasteiger partial charge on any atom is -0.383 e. The summed E-state index contributed by atoms with van der Waals surface area (Å²) in [7, 11) is -3.15. The largest absolute Gasteiger partial charge is 0.383 e. The van der Waals surface area contributed by atoms with Crippen molar-refractivity contribution >= 4 is 37.3 Å². The minimum absolute atomic E-state index is 0.0138. The van der Waals surface area contributed by atoms with Crippen molar-refractivity contribution in [3.8, 4) is 0 Å². The van der Waals surface area contributed by atoms with Crippen LogP contribution in [0, 0.1) is 5.92 Å². The predicted octanol–water partition coefficient (Wildman–Crippen LogP) is 2.22. The third kappa shape index (κ3) is 4.00. The Labute approximate surface area is 132 Å². The standard InChI is InChI=1S/C12H19BrN2O3S2/c1-12(16,11-14-7-10(13)19-11)8-3-5-9(6-4-8)15-20(2,17)18/h7-9,15-16H,3-6H2,1-2H3.